The van der Waals surface area contributed by atoms with E-state index in [1.807, 2.05) is 48.5 Å². The van der Waals surface area contributed by atoms with E-state index in [2.05, 4.69) is 51.5 Å². The van der Waals surface area contributed by atoms with Crippen LogP contribution in [-0.2, 0) is 48.0 Å². The largest absolute Gasteiger partial charge is 0.370 e. The zero-order valence-corrected chi connectivity index (χ0v) is 34.4. The van der Waals surface area contributed by atoms with Crippen molar-refractivity contribution in [2.45, 2.75) is 83.1 Å². The average Bonchev–Trinajstić information content (AvgIpc) is 4.00. The van der Waals surface area contributed by atoms with Gasteiger partial charge in [0.1, 0.15) is 18.1 Å². The summed E-state index contributed by atoms with van der Waals surface area (Å²) in [6.45, 7) is 4.57. The van der Waals surface area contributed by atoms with Gasteiger partial charge in [-0.15, -0.1) is 0 Å². The van der Waals surface area contributed by atoms with Crippen LogP contribution in [0.4, 0.5) is 0 Å². The van der Waals surface area contributed by atoms with Gasteiger partial charge >= 0.3 is 0 Å². The Kier molecular flexibility index (Phi) is 15.7. The Bertz CT molecular complexity index is 2330. The van der Waals surface area contributed by atoms with Gasteiger partial charge in [0.2, 0.25) is 29.5 Å². The summed E-state index contributed by atoms with van der Waals surface area (Å²) in [7, 11) is 0. The van der Waals surface area contributed by atoms with Crippen molar-refractivity contribution in [1.29, 1.82) is 0 Å². The van der Waals surface area contributed by atoms with Crippen LogP contribution in [0.15, 0.2) is 78.4 Å². The maximum atomic E-state index is 14.1. The second-order valence-electron chi connectivity index (χ2n) is 15.3. The topological polar surface area (TPSA) is 313 Å². The summed E-state index contributed by atoms with van der Waals surface area (Å²) in [6, 6.07) is 9.67. The molecule has 0 radical (unpaired) electrons. The first-order chi connectivity index (χ1) is 29.2. The molecule has 0 unspecified atom stereocenters. The molecular weight excluding hydrogens is 783 g/mol. The molecule has 5 aromatic rings. The summed E-state index contributed by atoms with van der Waals surface area (Å²) in [5.74, 6) is -3.86. The minimum Gasteiger partial charge on any atom is -0.370 e. The smallest absolute Gasteiger partial charge is 0.243 e. The van der Waals surface area contributed by atoms with Crippen LogP contribution in [0, 0.1) is 5.92 Å². The number of para-hydroxylation sites is 2. The van der Waals surface area contributed by atoms with Gasteiger partial charge in [-0.05, 0) is 48.9 Å². The van der Waals surface area contributed by atoms with Crippen LogP contribution in [-0.4, -0.2) is 105 Å². The number of hydrogen-bond donors (Lipinski definition) is 11. The highest BCUT2D eigenvalue weighted by Gasteiger charge is 2.31. The van der Waals surface area contributed by atoms with Gasteiger partial charge in [-0.1, -0.05) is 50.2 Å². The summed E-state index contributed by atoms with van der Waals surface area (Å²) < 4.78 is 0. The number of Topliss-reactive ketones (excluding diaryl/α,β-unsaturated/α-hetero) is 1. The number of H-pyrrole nitrogens is 3. The molecule has 5 amide bonds. The van der Waals surface area contributed by atoms with Crippen molar-refractivity contribution in [2.75, 3.05) is 13.1 Å². The highest BCUT2D eigenvalue weighted by Crippen LogP contribution is 2.21. The summed E-state index contributed by atoms with van der Waals surface area (Å²) in [5, 5.41) is 15.3. The molecule has 2 aromatic carbocycles. The number of aromatic amines is 3. The quantitative estimate of drug-likeness (QED) is 0.0253. The molecule has 0 aliphatic rings. The third-order valence-electron chi connectivity index (χ3n) is 10.2. The van der Waals surface area contributed by atoms with E-state index in [1.165, 1.54) is 13.3 Å². The van der Waals surface area contributed by atoms with Crippen LogP contribution in [0.25, 0.3) is 21.8 Å². The van der Waals surface area contributed by atoms with Crippen LogP contribution in [0.1, 0.15) is 50.4 Å². The number of nitrogens with one attached hydrogen (secondary N) is 8. The number of carbonyl (C=O) groups is 6. The molecule has 61 heavy (non-hydrogen) atoms. The molecule has 324 valence electrons. The molecule has 3 aromatic heterocycles. The number of guanidine groups is 1. The number of nitrogens with two attached hydrogens (primary N) is 3. The third-order valence-corrected chi connectivity index (χ3v) is 10.2. The van der Waals surface area contributed by atoms with Crippen molar-refractivity contribution >= 4 is 63.1 Å². The highest BCUT2D eigenvalue weighted by molar-refractivity contribution is 5.96. The number of aliphatic imine (C=N–C) groups is 1. The number of benzene rings is 2. The number of ketones is 1. The van der Waals surface area contributed by atoms with Gasteiger partial charge in [-0.2, -0.15) is 0 Å². The first-order valence-corrected chi connectivity index (χ1v) is 20.1. The molecule has 5 atom stereocenters. The molecule has 5 rings (SSSR count). The van der Waals surface area contributed by atoms with Crippen LogP contribution in [0.5, 0.6) is 0 Å². The zero-order chi connectivity index (χ0) is 44.1. The fraction of sp³-hybridized carbons (Fsp3) is 0.381. The summed E-state index contributed by atoms with van der Waals surface area (Å²) in [4.78, 5) is 98.1. The Morgan fingerprint density at radius 3 is 1.85 bits per heavy atom. The van der Waals surface area contributed by atoms with Crippen molar-refractivity contribution < 1.29 is 28.8 Å². The Morgan fingerprint density at radius 2 is 1.30 bits per heavy atom. The van der Waals surface area contributed by atoms with Crippen molar-refractivity contribution in [3.8, 4) is 0 Å². The van der Waals surface area contributed by atoms with Crippen LogP contribution in [0.2, 0.25) is 0 Å². The van der Waals surface area contributed by atoms with Gasteiger partial charge in [0.15, 0.2) is 11.7 Å². The third kappa shape index (κ3) is 12.7. The number of aromatic nitrogens is 4. The average molecular weight is 838 g/mol. The number of carbonyl (C=O) groups excluding carboxylic acids is 6. The molecule has 0 spiro atoms. The highest BCUT2D eigenvalue weighted by atomic mass is 16.2. The predicted octanol–water partition coefficient (Wildman–Crippen LogP) is 0.0815. The molecular formula is C42H55N13O6. The zero-order valence-electron chi connectivity index (χ0n) is 34.4. The van der Waals surface area contributed by atoms with E-state index in [1.54, 1.807) is 32.4 Å². The molecule has 3 heterocycles. The molecule has 0 aliphatic carbocycles. The number of amides is 5. The summed E-state index contributed by atoms with van der Waals surface area (Å²) >= 11 is 0. The molecule has 0 saturated heterocycles. The van der Waals surface area contributed by atoms with Gasteiger partial charge in [0.25, 0.3) is 0 Å². The summed E-state index contributed by atoms with van der Waals surface area (Å²) in [6.07, 6.45) is 7.08. The Hall–Kier alpha value is -7.02. The van der Waals surface area contributed by atoms with E-state index in [4.69, 9.17) is 17.2 Å². The van der Waals surface area contributed by atoms with Crippen LogP contribution in [0.3, 0.4) is 0 Å². The standard InChI is InChI=1S/C42H55N13O6/c1-23(2)37(24(3)56)55-41(61)34(15-25-18-48-31-11-6-4-9-28(25)31)52-36(57)21-50-39(59)33(13-8-14-47-42(44)45)53-40(60)35(16-26-19-49-32-12-7-5-10-29(26)32)54-38(58)30(43)17-27-20-46-22-51-27/h4-7,9-12,18-20,22-23,30,33-35,37,48-49H,8,13-17,21,43H2,1-3H3,(H,46,51)(H,50,59)(H,52,57)(H,53,60)(H,54,58)(H,55,61)(H4,44,45,47)/t30-,33-,34-,35-,37-/m0/s1. The van der Waals surface area contributed by atoms with E-state index in [0.29, 0.717) is 5.69 Å². The fourth-order valence-electron chi connectivity index (χ4n) is 7.04. The number of nitrogens with zero attached hydrogens (tertiary/aromatic N) is 2. The number of imidazole rings is 1. The van der Waals surface area contributed by atoms with E-state index in [0.717, 1.165) is 32.9 Å². The maximum absolute atomic E-state index is 14.1. The first kappa shape index (κ1) is 45.1. The monoisotopic (exact) mass is 837 g/mol. The second-order valence-corrected chi connectivity index (χ2v) is 15.3. The van der Waals surface area contributed by atoms with E-state index in [-0.39, 0.29) is 56.3 Å². The number of fused-ring (bicyclic) bond motifs is 2. The molecule has 14 N–H and O–H groups in total. The van der Waals surface area contributed by atoms with E-state index >= 15 is 0 Å². The fourth-order valence-corrected chi connectivity index (χ4v) is 7.04. The van der Waals surface area contributed by atoms with Crippen LogP contribution >= 0.6 is 0 Å². The van der Waals surface area contributed by atoms with Crippen molar-refractivity contribution in [3.05, 3.63) is 90.3 Å². The van der Waals surface area contributed by atoms with Crippen molar-refractivity contribution in [2.24, 2.45) is 28.1 Å². The van der Waals surface area contributed by atoms with Gasteiger partial charge in [-0.3, -0.25) is 33.8 Å². The van der Waals surface area contributed by atoms with Gasteiger partial charge in [0.05, 0.1) is 25.0 Å². The van der Waals surface area contributed by atoms with E-state index < -0.39 is 66.3 Å². The first-order valence-electron chi connectivity index (χ1n) is 20.1. The lowest BCUT2D eigenvalue weighted by Gasteiger charge is -2.25. The molecule has 0 aliphatic heterocycles. The maximum Gasteiger partial charge on any atom is 0.243 e. The lowest BCUT2D eigenvalue weighted by Crippen LogP contribution is -2.57. The summed E-state index contributed by atoms with van der Waals surface area (Å²) in [5.41, 5.74) is 21.0. The molecule has 19 heteroatoms. The lowest BCUT2D eigenvalue weighted by molar-refractivity contribution is -0.133. The van der Waals surface area contributed by atoms with Crippen LogP contribution < -0.4 is 43.8 Å². The second kappa shape index (κ2) is 21.3. The predicted molar refractivity (Wildman–Crippen MR) is 230 cm³/mol. The molecule has 19 nitrogen and oxygen atoms in total. The van der Waals surface area contributed by atoms with Gasteiger partial charge < -0.3 is 58.7 Å². The van der Waals surface area contributed by atoms with Crippen molar-refractivity contribution in [3.63, 3.8) is 0 Å². The number of rotatable bonds is 22. The Labute approximate surface area is 352 Å². The molecule has 0 saturated carbocycles. The minimum atomic E-state index is -1.21. The normalized spacial score (nSPS) is 13.7. The SMILES string of the molecule is CC(=O)[C@@H](NC(=O)[C@H](Cc1c[nH]c2ccccc12)NC(=O)CNC(=O)[C@H](CCCN=C(N)N)NC(=O)[C@H](Cc1c[nH]c2ccccc12)NC(=O)[C@@H](N)Cc1cnc[nH]1)C(C)C. The van der Waals surface area contributed by atoms with Gasteiger partial charge in [0, 0.05) is 71.9 Å². The molecule has 0 bridgehead atoms. The Balaban J connectivity index is 1.31. The number of hydrogen-bond acceptors (Lipinski definition) is 9. The Morgan fingerprint density at radius 1 is 0.721 bits per heavy atom. The minimum absolute atomic E-state index is 0.0459. The van der Waals surface area contributed by atoms with Crippen molar-refractivity contribution in [1.82, 2.24) is 46.5 Å². The lowest BCUT2D eigenvalue weighted by atomic mass is 9.99. The molecule has 0 fully saturated rings. The van der Waals surface area contributed by atoms with E-state index in [9.17, 15) is 28.8 Å². The van der Waals surface area contributed by atoms with Gasteiger partial charge in [-0.25, -0.2) is 4.98 Å².